The fourth-order valence-electron chi connectivity index (χ4n) is 1.66. The number of nitrogens with zero attached hydrogens (tertiary/aromatic N) is 1. The third-order valence-electron chi connectivity index (χ3n) is 2.53. The van der Waals surface area contributed by atoms with Crippen molar-refractivity contribution in [2.75, 3.05) is 6.54 Å². The topological polar surface area (TPSA) is 53.3 Å². The zero-order valence-corrected chi connectivity index (χ0v) is 9.27. The number of benzene rings is 1. The minimum absolute atomic E-state index is 0.842. The smallest absolute Gasteiger partial charge is 0.135 e. The summed E-state index contributed by atoms with van der Waals surface area (Å²) in [5.41, 5.74) is 8.14. The summed E-state index contributed by atoms with van der Waals surface area (Å²) in [4.78, 5) is 0. The number of nitrogens with one attached hydrogen (secondary N) is 2. The predicted molar refractivity (Wildman–Crippen MR) is 65.3 cm³/mol. The van der Waals surface area contributed by atoms with Gasteiger partial charge in [-0.1, -0.05) is 30.3 Å². The minimum Gasteiger partial charge on any atom is -0.309 e. The van der Waals surface area contributed by atoms with Crippen molar-refractivity contribution >= 4 is 5.57 Å². The molecular formula is C12H16N4. The molecule has 0 radical (unpaired) electrons. The van der Waals surface area contributed by atoms with E-state index in [0.29, 0.717) is 0 Å². The van der Waals surface area contributed by atoms with E-state index in [1.165, 1.54) is 5.56 Å². The maximum Gasteiger partial charge on any atom is 0.135 e. The summed E-state index contributed by atoms with van der Waals surface area (Å²) in [7, 11) is 0. The Balaban J connectivity index is 2.26. The molecule has 0 spiro atoms. The van der Waals surface area contributed by atoms with Crippen molar-refractivity contribution < 1.29 is 0 Å². The Bertz CT molecular complexity index is 408. The fourth-order valence-corrected chi connectivity index (χ4v) is 1.66. The molecule has 1 heterocycles. The zero-order valence-electron chi connectivity index (χ0n) is 9.27. The largest absolute Gasteiger partial charge is 0.309 e. The Morgan fingerprint density at radius 1 is 1.31 bits per heavy atom. The third-order valence-corrected chi connectivity index (χ3v) is 2.53. The molecule has 0 unspecified atom stereocenters. The molecule has 0 amide bonds. The van der Waals surface area contributed by atoms with Gasteiger partial charge in [0.25, 0.3) is 0 Å². The lowest BCUT2D eigenvalue weighted by atomic mass is 10.1. The van der Waals surface area contributed by atoms with Gasteiger partial charge in [-0.05, 0) is 18.6 Å². The second kappa shape index (κ2) is 4.72. The number of hydrogen-bond acceptors (Lipinski definition) is 4. The van der Waals surface area contributed by atoms with E-state index < -0.39 is 0 Å². The first kappa shape index (κ1) is 10.6. The Morgan fingerprint density at radius 3 is 2.69 bits per heavy atom. The van der Waals surface area contributed by atoms with Crippen molar-refractivity contribution in [3.8, 4) is 0 Å². The number of nitrogens with two attached hydrogens (primary N) is 1. The van der Waals surface area contributed by atoms with Crippen LogP contribution >= 0.6 is 0 Å². The molecule has 1 aliphatic heterocycles. The summed E-state index contributed by atoms with van der Waals surface area (Å²) in [5, 5.41) is 1.94. The standard InChI is InChI=1S/C12H16N4/c1-2-16-12(15-13)8-11(9-14-16)10-6-4-3-5-7-10/h3-9,14-15H,2,13H2,1H3. The molecule has 0 saturated carbocycles. The van der Waals surface area contributed by atoms with Crippen molar-refractivity contribution in [2.24, 2.45) is 5.84 Å². The molecule has 4 N–H and O–H groups in total. The van der Waals surface area contributed by atoms with Crippen LogP contribution in [0.5, 0.6) is 0 Å². The normalized spacial score (nSPS) is 15.0. The fraction of sp³-hybridized carbons (Fsp3) is 0.167. The van der Waals surface area contributed by atoms with Crippen LogP contribution in [0.15, 0.2) is 48.4 Å². The Kier molecular flexibility index (Phi) is 3.12. The maximum absolute atomic E-state index is 5.48. The summed E-state index contributed by atoms with van der Waals surface area (Å²) in [6, 6.07) is 10.2. The number of hydrazine groups is 2. The van der Waals surface area contributed by atoms with Crippen LogP contribution in [0.3, 0.4) is 0 Å². The van der Waals surface area contributed by atoms with Gasteiger partial charge in [0.05, 0.1) is 0 Å². The van der Waals surface area contributed by atoms with E-state index in [4.69, 9.17) is 5.84 Å². The van der Waals surface area contributed by atoms with E-state index in [9.17, 15) is 0 Å². The predicted octanol–water partition coefficient (Wildman–Crippen LogP) is 1.17. The van der Waals surface area contributed by atoms with Crippen LogP contribution < -0.4 is 16.7 Å². The molecule has 0 fully saturated rings. The van der Waals surface area contributed by atoms with Gasteiger partial charge in [-0.3, -0.25) is 5.01 Å². The van der Waals surface area contributed by atoms with Crippen LogP contribution in [0.4, 0.5) is 0 Å². The minimum atomic E-state index is 0.842. The highest BCUT2D eigenvalue weighted by molar-refractivity contribution is 5.74. The van der Waals surface area contributed by atoms with Crippen LogP contribution in [0, 0.1) is 0 Å². The lowest BCUT2D eigenvalue weighted by Gasteiger charge is -2.29. The Morgan fingerprint density at radius 2 is 2.06 bits per heavy atom. The van der Waals surface area contributed by atoms with Crippen LogP contribution in [0.2, 0.25) is 0 Å². The van der Waals surface area contributed by atoms with Gasteiger partial charge < -0.3 is 10.9 Å². The lowest BCUT2D eigenvalue weighted by Crippen LogP contribution is -2.43. The van der Waals surface area contributed by atoms with E-state index in [-0.39, 0.29) is 0 Å². The van der Waals surface area contributed by atoms with Gasteiger partial charge in [0, 0.05) is 18.3 Å². The highest BCUT2D eigenvalue weighted by Gasteiger charge is 2.11. The second-order valence-corrected chi connectivity index (χ2v) is 3.51. The Labute approximate surface area is 95.4 Å². The van der Waals surface area contributed by atoms with Crippen molar-refractivity contribution in [1.82, 2.24) is 15.9 Å². The Hall–Kier alpha value is -1.94. The van der Waals surface area contributed by atoms with Crippen molar-refractivity contribution in [2.45, 2.75) is 6.92 Å². The molecule has 0 aromatic heterocycles. The molecule has 2 rings (SSSR count). The second-order valence-electron chi connectivity index (χ2n) is 3.51. The van der Waals surface area contributed by atoms with Gasteiger partial charge in [-0.15, -0.1) is 0 Å². The average Bonchev–Trinajstić information content (AvgIpc) is 2.39. The van der Waals surface area contributed by atoms with Gasteiger partial charge in [-0.25, -0.2) is 5.84 Å². The van der Waals surface area contributed by atoms with E-state index in [2.05, 4.69) is 29.9 Å². The van der Waals surface area contributed by atoms with E-state index in [1.807, 2.05) is 35.5 Å². The molecule has 1 aliphatic rings. The van der Waals surface area contributed by atoms with Gasteiger partial charge in [-0.2, -0.15) is 0 Å². The summed E-state index contributed by atoms with van der Waals surface area (Å²) in [5.74, 6) is 6.35. The van der Waals surface area contributed by atoms with E-state index in [0.717, 1.165) is 17.9 Å². The molecule has 1 aromatic rings. The van der Waals surface area contributed by atoms with Crippen LogP contribution in [-0.4, -0.2) is 11.6 Å². The van der Waals surface area contributed by atoms with Crippen molar-refractivity contribution in [3.63, 3.8) is 0 Å². The molecule has 4 nitrogen and oxygen atoms in total. The zero-order chi connectivity index (χ0) is 11.4. The SMILES string of the molecule is CCN1NC=C(c2ccccc2)C=C1NN. The highest BCUT2D eigenvalue weighted by Crippen LogP contribution is 2.19. The molecule has 0 saturated heterocycles. The number of allylic oxidation sites excluding steroid dienone is 2. The molecule has 0 aliphatic carbocycles. The molecule has 84 valence electrons. The molecule has 0 atom stereocenters. The highest BCUT2D eigenvalue weighted by atomic mass is 15.6. The van der Waals surface area contributed by atoms with Crippen LogP contribution in [0.1, 0.15) is 12.5 Å². The third kappa shape index (κ3) is 2.01. The average molecular weight is 216 g/mol. The molecule has 16 heavy (non-hydrogen) atoms. The lowest BCUT2D eigenvalue weighted by molar-refractivity contribution is 0.277. The van der Waals surface area contributed by atoms with Gasteiger partial charge in [0.15, 0.2) is 0 Å². The van der Waals surface area contributed by atoms with E-state index in [1.54, 1.807) is 0 Å². The monoisotopic (exact) mass is 216 g/mol. The van der Waals surface area contributed by atoms with Crippen molar-refractivity contribution in [3.05, 3.63) is 54.0 Å². The first-order valence-corrected chi connectivity index (χ1v) is 5.32. The number of hydrogen-bond donors (Lipinski definition) is 3. The summed E-state index contributed by atoms with van der Waals surface area (Å²) >= 11 is 0. The quantitative estimate of drug-likeness (QED) is 0.524. The molecule has 4 heteroatoms. The van der Waals surface area contributed by atoms with Crippen LogP contribution in [0.25, 0.3) is 5.57 Å². The summed E-state index contributed by atoms with van der Waals surface area (Å²) in [6.45, 7) is 2.90. The van der Waals surface area contributed by atoms with Gasteiger partial charge in [0.2, 0.25) is 0 Å². The first-order valence-electron chi connectivity index (χ1n) is 5.32. The van der Waals surface area contributed by atoms with Crippen LogP contribution in [-0.2, 0) is 0 Å². The molecule has 1 aromatic carbocycles. The molecule has 0 bridgehead atoms. The molecular weight excluding hydrogens is 200 g/mol. The van der Waals surface area contributed by atoms with Gasteiger partial charge in [0.1, 0.15) is 5.82 Å². The number of rotatable bonds is 3. The van der Waals surface area contributed by atoms with Crippen molar-refractivity contribution in [1.29, 1.82) is 0 Å². The summed E-state index contributed by atoms with van der Waals surface area (Å²) in [6.07, 6.45) is 4.00. The maximum atomic E-state index is 5.48. The van der Waals surface area contributed by atoms with E-state index >= 15 is 0 Å². The summed E-state index contributed by atoms with van der Waals surface area (Å²) < 4.78 is 0. The van der Waals surface area contributed by atoms with Gasteiger partial charge >= 0.3 is 0 Å². The first-order chi connectivity index (χ1) is 7.85.